The summed E-state index contributed by atoms with van der Waals surface area (Å²) < 4.78 is 0. The summed E-state index contributed by atoms with van der Waals surface area (Å²) in [6.07, 6.45) is 0.663. The first-order valence-corrected chi connectivity index (χ1v) is 6.79. The average molecular weight is 280 g/mol. The first kappa shape index (κ1) is 13.3. The Kier molecular flexibility index (Phi) is 3.39. The van der Waals surface area contributed by atoms with Gasteiger partial charge in [-0.25, -0.2) is 4.98 Å². The number of H-pyrrole nitrogens is 2. The van der Waals surface area contributed by atoms with Crippen molar-refractivity contribution in [3.63, 3.8) is 0 Å². The fraction of sp³-hybridized carbons (Fsp3) is 0.188. The van der Waals surface area contributed by atoms with Crippen LogP contribution in [0.3, 0.4) is 0 Å². The number of nitrogens with zero attached hydrogens (tertiary/aromatic N) is 2. The predicted octanol–water partition coefficient (Wildman–Crippen LogP) is 2.37. The number of aryl methyl sites for hydroxylation is 2. The van der Waals surface area contributed by atoms with Gasteiger partial charge in [-0.2, -0.15) is 5.10 Å². The van der Waals surface area contributed by atoms with Crippen LogP contribution in [0.25, 0.3) is 11.4 Å². The summed E-state index contributed by atoms with van der Waals surface area (Å²) >= 11 is 0. The van der Waals surface area contributed by atoms with E-state index in [1.54, 1.807) is 0 Å². The summed E-state index contributed by atoms with van der Waals surface area (Å²) in [6, 6.07) is 11.9. The minimum atomic E-state index is -0.155. The van der Waals surface area contributed by atoms with Gasteiger partial charge in [0, 0.05) is 12.1 Å². The molecule has 0 fully saturated rings. The molecule has 0 aliphatic carbocycles. The Morgan fingerprint density at radius 3 is 2.62 bits per heavy atom. The lowest BCUT2D eigenvalue weighted by molar-refractivity contribution is 0.972. The minimum absolute atomic E-state index is 0.155. The van der Waals surface area contributed by atoms with Crippen LogP contribution in [0.15, 0.2) is 41.2 Å². The second-order valence-electron chi connectivity index (χ2n) is 5.11. The molecule has 2 aromatic heterocycles. The van der Waals surface area contributed by atoms with Crippen LogP contribution in [0.1, 0.15) is 22.6 Å². The third-order valence-electron chi connectivity index (χ3n) is 3.33. The zero-order valence-electron chi connectivity index (χ0n) is 12.0. The molecule has 5 nitrogen and oxygen atoms in total. The Labute approximate surface area is 122 Å². The summed E-state index contributed by atoms with van der Waals surface area (Å²) in [7, 11) is 0. The molecule has 0 spiro atoms. The van der Waals surface area contributed by atoms with E-state index in [-0.39, 0.29) is 5.56 Å². The monoisotopic (exact) mass is 280 g/mol. The molecule has 3 rings (SSSR count). The molecule has 0 amide bonds. The molecular formula is C16H16N4O. The lowest BCUT2D eigenvalue weighted by atomic mass is 10.1. The predicted molar refractivity (Wildman–Crippen MR) is 81.2 cm³/mol. The van der Waals surface area contributed by atoms with Crippen LogP contribution >= 0.6 is 0 Å². The molecule has 3 aromatic rings. The van der Waals surface area contributed by atoms with Crippen molar-refractivity contribution in [1.82, 2.24) is 20.2 Å². The van der Waals surface area contributed by atoms with Crippen LogP contribution in [0.4, 0.5) is 0 Å². The van der Waals surface area contributed by atoms with Crippen LogP contribution in [-0.4, -0.2) is 20.2 Å². The van der Waals surface area contributed by atoms with Gasteiger partial charge in [0.15, 0.2) is 5.82 Å². The standard InChI is InChI=1S/C16H16N4O/c1-10-8-11(2)17-16(21)14(10)15-18-13(19-20-15)9-12-6-4-3-5-7-12/h3-8H,9H2,1-2H3,(H,17,21)(H,18,19,20). The van der Waals surface area contributed by atoms with Gasteiger partial charge in [-0.15, -0.1) is 0 Å². The summed E-state index contributed by atoms with van der Waals surface area (Å²) in [5, 5.41) is 7.09. The molecule has 0 aliphatic rings. The van der Waals surface area contributed by atoms with Crippen molar-refractivity contribution >= 4 is 0 Å². The first-order valence-electron chi connectivity index (χ1n) is 6.79. The van der Waals surface area contributed by atoms with E-state index in [4.69, 9.17) is 0 Å². The van der Waals surface area contributed by atoms with Gasteiger partial charge in [0.05, 0.1) is 5.56 Å². The molecule has 2 heterocycles. The third kappa shape index (κ3) is 2.76. The van der Waals surface area contributed by atoms with E-state index in [0.29, 0.717) is 17.8 Å². The molecule has 1 aromatic carbocycles. The number of pyridine rings is 1. The number of rotatable bonds is 3. The van der Waals surface area contributed by atoms with E-state index in [0.717, 1.165) is 22.6 Å². The average Bonchev–Trinajstić information content (AvgIpc) is 2.87. The van der Waals surface area contributed by atoms with E-state index in [1.165, 1.54) is 0 Å². The first-order chi connectivity index (χ1) is 10.1. The highest BCUT2D eigenvalue weighted by Gasteiger charge is 2.13. The van der Waals surface area contributed by atoms with Gasteiger partial charge in [-0.05, 0) is 31.0 Å². The number of aromatic nitrogens is 4. The van der Waals surface area contributed by atoms with Gasteiger partial charge in [0.1, 0.15) is 5.82 Å². The van der Waals surface area contributed by atoms with Gasteiger partial charge in [0.2, 0.25) is 0 Å². The second kappa shape index (κ2) is 5.36. The van der Waals surface area contributed by atoms with E-state index in [1.807, 2.05) is 50.2 Å². The Bertz CT molecular complexity index is 818. The van der Waals surface area contributed by atoms with Crippen molar-refractivity contribution in [1.29, 1.82) is 0 Å². The Hall–Kier alpha value is -2.69. The Morgan fingerprint density at radius 2 is 1.90 bits per heavy atom. The topological polar surface area (TPSA) is 74.4 Å². The van der Waals surface area contributed by atoms with Crippen molar-refractivity contribution in [3.05, 3.63) is 69.4 Å². The van der Waals surface area contributed by atoms with Gasteiger partial charge in [0.25, 0.3) is 5.56 Å². The fourth-order valence-corrected chi connectivity index (χ4v) is 2.41. The van der Waals surface area contributed by atoms with Crippen molar-refractivity contribution in [3.8, 4) is 11.4 Å². The molecule has 0 bridgehead atoms. The van der Waals surface area contributed by atoms with E-state index >= 15 is 0 Å². The lowest BCUT2D eigenvalue weighted by Gasteiger charge is -2.01. The normalized spacial score (nSPS) is 10.8. The zero-order chi connectivity index (χ0) is 14.8. The van der Waals surface area contributed by atoms with Crippen LogP contribution in [0.5, 0.6) is 0 Å². The highest BCUT2D eigenvalue weighted by molar-refractivity contribution is 5.58. The maximum atomic E-state index is 12.1. The maximum absolute atomic E-state index is 12.1. The number of hydrogen-bond acceptors (Lipinski definition) is 3. The number of aromatic amines is 2. The van der Waals surface area contributed by atoms with Crippen LogP contribution < -0.4 is 5.56 Å². The molecule has 2 N–H and O–H groups in total. The second-order valence-corrected chi connectivity index (χ2v) is 5.11. The number of hydrogen-bond donors (Lipinski definition) is 2. The number of benzene rings is 1. The van der Waals surface area contributed by atoms with Crippen molar-refractivity contribution in [2.24, 2.45) is 0 Å². The van der Waals surface area contributed by atoms with E-state index in [2.05, 4.69) is 20.2 Å². The fourth-order valence-electron chi connectivity index (χ4n) is 2.41. The van der Waals surface area contributed by atoms with Gasteiger partial charge in [-0.1, -0.05) is 30.3 Å². The zero-order valence-corrected chi connectivity index (χ0v) is 12.0. The highest BCUT2D eigenvalue weighted by atomic mass is 16.1. The molecular weight excluding hydrogens is 264 g/mol. The van der Waals surface area contributed by atoms with Gasteiger partial charge >= 0.3 is 0 Å². The molecule has 0 saturated carbocycles. The summed E-state index contributed by atoms with van der Waals surface area (Å²) in [4.78, 5) is 19.3. The van der Waals surface area contributed by atoms with Crippen molar-refractivity contribution < 1.29 is 0 Å². The number of nitrogens with one attached hydrogen (secondary N) is 2. The summed E-state index contributed by atoms with van der Waals surface area (Å²) in [5.41, 5.74) is 3.23. The van der Waals surface area contributed by atoms with Crippen LogP contribution in [0, 0.1) is 13.8 Å². The van der Waals surface area contributed by atoms with E-state index < -0.39 is 0 Å². The van der Waals surface area contributed by atoms with Gasteiger partial charge < -0.3 is 4.98 Å². The molecule has 106 valence electrons. The van der Waals surface area contributed by atoms with Gasteiger partial charge in [-0.3, -0.25) is 9.89 Å². The smallest absolute Gasteiger partial charge is 0.259 e. The minimum Gasteiger partial charge on any atom is -0.326 e. The highest BCUT2D eigenvalue weighted by Crippen LogP contribution is 2.16. The molecule has 5 heteroatoms. The molecule has 0 aliphatic heterocycles. The van der Waals surface area contributed by atoms with E-state index in [9.17, 15) is 4.79 Å². The van der Waals surface area contributed by atoms with Crippen LogP contribution in [-0.2, 0) is 6.42 Å². The summed E-state index contributed by atoms with van der Waals surface area (Å²) in [6.45, 7) is 3.75. The SMILES string of the molecule is Cc1cc(C)c(-c2n[nH]c(Cc3ccccc3)n2)c(=O)[nH]1. The maximum Gasteiger partial charge on any atom is 0.259 e. The van der Waals surface area contributed by atoms with Crippen LogP contribution in [0.2, 0.25) is 0 Å². The molecule has 0 saturated heterocycles. The summed E-state index contributed by atoms with van der Waals surface area (Å²) in [5.74, 6) is 1.19. The molecule has 0 unspecified atom stereocenters. The quantitative estimate of drug-likeness (QED) is 0.773. The van der Waals surface area contributed by atoms with Crippen molar-refractivity contribution in [2.45, 2.75) is 20.3 Å². The Balaban J connectivity index is 1.94. The lowest BCUT2D eigenvalue weighted by Crippen LogP contribution is -2.12. The molecule has 0 radical (unpaired) electrons. The molecule has 21 heavy (non-hydrogen) atoms. The Morgan fingerprint density at radius 1 is 1.14 bits per heavy atom. The third-order valence-corrected chi connectivity index (χ3v) is 3.33. The largest absolute Gasteiger partial charge is 0.326 e. The molecule has 0 atom stereocenters. The van der Waals surface area contributed by atoms with Crippen molar-refractivity contribution in [2.75, 3.05) is 0 Å².